The van der Waals surface area contributed by atoms with Gasteiger partial charge in [0.05, 0.1) is 6.26 Å². The van der Waals surface area contributed by atoms with Crippen molar-refractivity contribution in [3.8, 4) is 0 Å². The monoisotopic (exact) mass is 323 g/mol. The van der Waals surface area contributed by atoms with E-state index in [4.69, 9.17) is 14.1 Å². The molecule has 5 heteroatoms. The molecule has 0 saturated carbocycles. The van der Waals surface area contributed by atoms with E-state index >= 15 is 0 Å². The van der Waals surface area contributed by atoms with Crippen LogP contribution < -0.4 is 10.6 Å². The first-order valence-corrected chi connectivity index (χ1v) is 8.53. The Labute approximate surface area is 140 Å². The second kappa shape index (κ2) is 10.3. The van der Waals surface area contributed by atoms with Crippen LogP contribution in [-0.4, -0.2) is 38.8 Å². The smallest absolute Gasteiger partial charge is 0.191 e. The summed E-state index contributed by atoms with van der Waals surface area (Å²) in [6, 6.07) is 4.31. The molecule has 5 nitrogen and oxygen atoms in total. The van der Waals surface area contributed by atoms with E-state index in [1.165, 1.54) is 0 Å². The number of hydrogen-bond donors (Lipinski definition) is 2. The molecular formula is C18H33N3O2. The van der Waals surface area contributed by atoms with Crippen molar-refractivity contribution in [1.29, 1.82) is 0 Å². The molecule has 0 aromatic carbocycles. The first-order chi connectivity index (χ1) is 11.0. The molecule has 23 heavy (non-hydrogen) atoms. The molecule has 0 spiro atoms. The van der Waals surface area contributed by atoms with Gasteiger partial charge < -0.3 is 19.8 Å². The van der Waals surface area contributed by atoms with E-state index in [9.17, 15) is 0 Å². The molecular weight excluding hydrogens is 290 g/mol. The highest BCUT2D eigenvalue weighted by Crippen LogP contribution is 2.20. The Balaban J connectivity index is 2.53. The molecule has 1 atom stereocenters. The lowest BCUT2D eigenvalue weighted by atomic mass is 9.90. The summed E-state index contributed by atoms with van der Waals surface area (Å²) < 4.78 is 10.5. The minimum absolute atomic E-state index is 0.126. The number of nitrogens with one attached hydrogen (secondary N) is 2. The van der Waals surface area contributed by atoms with E-state index in [1.807, 2.05) is 12.1 Å². The van der Waals surface area contributed by atoms with E-state index in [0.717, 1.165) is 50.7 Å². The van der Waals surface area contributed by atoms with Crippen LogP contribution >= 0.6 is 0 Å². The van der Waals surface area contributed by atoms with Crippen LogP contribution in [0.3, 0.4) is 0 Å². The highest BCUT2D eigenvalue weighted by Gasteiger charge is 2.17. The summed E-state index contributed by atoms with van der Waals surface area (Å²) in [5.74, 6) is 1.86. The van der Waals surface area contributed by atoms with Gasteiger partial charge in [0.25, 0.3) is 0 Å². The summed E-state index contributed by atoms with van der Waals surface area (Å²) in [6.45, 7) is 11.1. The van der Waals surface area contributed by atoms with Gasteiger partial charge in [-0.2, -0.15) is 0 Å². The lowest BCUT2D eigenvalue weighted by Crippen LogP contribution is -2.43. The van der Waals surface area contributed by atoms with Crippen LogP contribution in [0.25, 0.3) is 0 Å². The second-order valence-corrected chi connectivity index (χ2v) is 6.78. The third-order valence-electron chi connectivity index (χ3n) is 3.89. The molecule has 0 bridgehead atoms. The Morgan fingerprint density at radius 1 is 1.43 bits per heavy atom. The van der Waals surface area contributed by atoms with Gasteiger partial charge in [-0.1, -0.05) is 20.8 Å². The van der Waals surface area contributed by atoms with E-state index in [2.05, 4.69) is 38.3 Å². The Hall–Kier alpha value is -1.49. The minimum atomic E-state index is 0.126. The number of ether oxygens (including phenoxy) is 1. The van der Waals surface area contributed by atoms with Crippen molar-refractivity contribution in [2.45, 2.75) is 53.0 Å². The average molecular weight is 323 g/mol. The van der Waals surface area contributed by atoms with Crippen LogP contribution in [0.15, 0.2) is 27.8 Å². The van der Waals surface area contributed by atoms with Crippen LogP contribution in [-0.2, 0) is 11.2 Å². The first-order valence-electron chi connectivity index (χ1n) is 8.53. The maximum Gasteiger partial charge on any atom is 0.191 e. The Bertz CT molecular complexity index is 441. The number of aliphatic imine (C=N–C) groups is 1. The summed E-state index contributed by atoms with van der Waals surface area (Å²) in [7, 11) is 1.74. The molecule has 0 radical (unpaired) electrons. The van der Waals surface area contributed by atoms with Gasteiger partial charge >= 0.3 is 0 Å². The van der Waals surface area contributed by atoms with Crippen molar-refractivity contribution < 1.29 is 9.15 Å². The minimum Gasteiger partial charge on any atom is -0.469 e. The number of hydrogen-bond acceptors (Lipinski definition) is 3. The van der Waals surface area contributed by atoms with Gasteiger partial charge in [-0.15, -0.1) is 0 Å². The molecule has 1 rings (SSSR count). The molecule has 0 saturated heterocycles. The number of guanidine groups is 1. The summed E-state index contributed by atoms with van der Waals surface area (Å²) in [6.07, 6.45) is 4.61. The van der Waals surface area contributed by atoms with Gasteiger partial charge in [-0.3, -0.25) is 4.99 Å². The molecule has 132 valence electrons. The van der Waals surface area contributed by atoms with E-state index < -0.39 is 0 Å². The standard InChI is InChI=1S/C18H33N3O2/c1-6-15(2)21-17(19-11-9-16-8-7-12-23-16)20-14-18(3,4)10-13-22-5/h7-8,12,15H,6,9-11,13-14H2,1-5H3,(H2,19,20,21). The molecule has 1 aromatic heterocycles. The molecule has 0 amide bonds. The number of nitrogens with zero attached hydrogens (tertiary/aromatic N) is 1. The Morgan fingerprint density at radius 3 is 2.83 bits per heavy atom. The normalized spacial score (nSPS) is 13.9. The molecule has 1 unspecified atom stereocenters. The molecule has 0 aliphatic rings. The van der Waals surface area contributed by atoms with E-state index in [0.29, 0.717) is 6.04 Å². The zero-order valence-electron chi connectivity index (χ0n) is 15.3. The van der Waals surface area contributed by atoms with Gasteiger partial charge in [0.1, 0.15) is 5.76 Å². The summed E-state index contributed by atoms with van der Waals surface area (Å²) in [5, 5.41) is 6.85. The number of furan rings is 1. The second-order valence-electron chi connectivity index (χ2n) is 6.78. The lowest BCUT2D eigenvalue weighted by Gasteiger charge is -2.23. The Morgan fingerprint density at radius 2 is 2.22 bits per heavy atom. The van der Waals surface area contributed by atoms with Crippen molar-refractivity contribution in [3.05, 3.63) is 24.2 Å². The first kappa shape index (κ1) is 19.6. The van der Waals surface area contributed by atoms with Gasteiger partial charge in [-0.05, 0) is 37.3 Å². The molecule has 1 heterocycles. The predicted octanol–water partition coefficient (Wildman–Crippen LogP) is 3.22. The number of methoxy groups -OCH3 is 1. The largest absolute Gasteiger partial charge is 0.469 e. The predicted molar refractivity (Wildman–Crippen MR) is 95.9 cm³/mol. The summed E-state index contributed by atoms with van der Waals surface area (Å²) in [4.78, 5) is 4.76. The van der Waals surface area contributed by atoms with Crippen molar-refractivity contribution in [1.82, 2.24) is 10.6 Å². The third-order valence-corrected chi connectivity index (χ3v) is 3.89. The van der Waals surface area contributed by atoms with Crippen LogP contribution in [0.5, 0.6) is 0 Å². The highest BCUT2D eigenvalue weighted by molar-refractivity contribution is 5.80. The van der Waals surface area contributed by atoms with Crippen LogP contribution in [0.1, 0.15) is 46.3 Å². The van der Waals surface area contributed by atoms with Crippen LogP contribution in [0, 0.1) is 5.41 Å². The Kier molecular flexibility index (Phi) is 8.77. The van der Waals surface area contributed by atoms with Gasteiger partial charge in [0.15, 0.2) is 5.96 Å². The van der Waals surface area contributed by atoms with Gasteiger partial charge in [-0.25, -0.2) is 0 Å². The molecule has 1 aromatic rings. The van der Waals surface area contributed by atoms with Crippen LogP contribution in [0.4, 0.5) is 0 Å². The molecule has 0 aliphatic carbocycles. The van der Waals surface area contributed by atoms with Gasteiger partial charge in [0, 0.05) is 39.3 Å². The fourth-order valence-electron chi connectivity index (χ4n) is 2.00. The van der Waals surface area contributed by atoms with Crippen molar-refractivity contribution in [2.75, 3.05) is 26.8 Å². The van der Waals surface area contributed by atoms with Crippen molar-refractivity contribution >= 4 is 5.96 Å². The maximum atomic E-state index is 5.36. The molecule has 0 aliphatic heterocycles. The third kappa shape index (κ3) is 8.65. The van der Waals surface area contributed by atoms with E-state index in [-0.39, 0.29) is 5.41 Å². The topological polar surface area (TPSA) is 58.8 Å². The molecule has 2 N–H and O–H groups in total. The fourth-order valence-corrected chi connectivity index (χ4v) is 2.00. The van der Waals surface area contributed by atoms with Crippen molar-refractivity contribution in [2.24, 2.45) is 10.4 Å². The van der Waals surface area contributed by atoms with Crippen molar-refractivity contribution in [3.63, 3.8) is 0 Å². The average Bonchev–Trinajstić information content (AvgIpc) is 3.03. The highest BCUT2D eigenvalue weighted by atomic mass is 16.5. The fraction of sp³-hybridized carbons (Fsp3) is 0.722. The zero-order valence-corrected chi connectivity index (χ0v) is 15.3. The zero-order chi connectivity index (χ0) is 17.1. The van der Waals surface area contributed by atoms with Crippen LogP contribution in [0.2, 0.25) is 0 Å². The van der Waals surface area contributed by atoms with Gasteiger partial charge in [0.2, 0.25) is 0 Å². The maximum absolute atomic E-state index is 5.36. The van der Waals surface area contributed by atoms with E-state index in [1.54, 1.807) is 13.4 Å². The lowest BCUT2D eigenvalue weighted by molar-refractivity contribution is 0.155. The summed E-state index contributed by atoms with van der Waals surface area (Å²) >= 11 is 0. The summed E-state index contributed by atoms with van der Waals surface area (Å²) in [5.41, 5.74) is 0.126. The quantitative estimate of drug-likeness (QED) is 0.513. The number of rotatable bonds is 10. The SMILES string of the molecule is CCC(C)NC(=NCC(C)(C)CCOC)NCCc1ccco1. The molecule has 0 fully saturated rings.